The monoisotopic (exact) mass is 615 g/mol. The molecule has 0 saturated heterocycles. The van der Waals surface area contributed by atoms with Crippen molar-refractivity contribution >= 4 is 33.4 Å². The van der Waals surface area contributed by atoms with Gasteiger partial charge in [-0.2, -0.15) is 0 Å². The molecule has 2 aliphatic rings. The number of hydrogen-bond acceptors (Lipinski definition) is 2. The fourth-order valence-corrected chi connectivity index (χ4v) is 7.92. The van der Waals surface area contributed by atoms with Gasteiger partial charge in [0, 0.05) is 16.3 Å². The van der Waals surface area contributed by atoms with Crippen LogP contribution in [0, 0.1) is 5.41 Å². The Morgan fingerprint density at radius 3 is 1.96 bits per heavy atom. The van der Waals surface area contributed by atoms with Crippen LogP contribution in [0.5, 0.6) is 0 Å². The molecule has 1 N–H and O–H groups in total. The predicted molar refractivity (Wildman–Crippen MR) is 200 cm³/mol. The maximum Gasteiger partial charge on any atom is 0.159 e. The molecule has 0 bridgehead atoms. The summed E-state index contributed by atoms with van der Waals surface area (Å²) < 4.78 is 2.25. The van der Waals surface area contributed by atoms with E-state index >= 15 is 0 Å². The molecule has 0 aliphatic heterocycles. The van der Waals surface area contributed by atoms with Crippen molar-refractivity contribution in [2.45, 2.75) is 17.9 Å². The fourth-order valence-electron chi connectivity index (χ4n) is 7.92. The van der Waals surface area contributed by atoms with E-state index in [1.165, 1.54) is 33.4 Å². The summed E-state index contributed by atoms with van der Waals surface area (Å²) in [6.07, 6.45) is 9.22. The highest BCUT2D eigenvalue weighted by Crippen LogP contribution is 2.57. The zero-order valence-corrected chi connectivity index (χ0v) is 26.4. The number of fused-ring (bicyclic) bond motifs is 6. The van der Waals surface area contributed by atoms with Gasteiger partial charge < -0.3 is 0 Å². The molecule has 0 radical (unpaired) electrons. The van der Waals surface area contributed by atoms with Crippen molar-refractivity contribution in [2.75, 3.05) is 0 Å². The molecule has 0 fully saturated rings. The summed E-state index contributed by atoms with van der Waals surface area (Å²) in [4.78, 5) is 5.36. The molecule has 9 rings (SSSR count). The van der Waals surface area contributed by atoms with Crippen LogP contribution in [0.15, 0.2) is 181 Å². The second-order valence-corrected chi connectivity index (χ2v) is 12.6. The number of hydrogen-bond donors (Lipinski definition) is 1. The quantitative estimate of drug-likeness (QED) is 0.148. The van der Waals surface area contributed by atoms with Crippen LogP contribution in [-0.2, 0) is 5.41 Å². The molecule has 2 aliphatic carbocycles. The second-order valence-electron chi connectivity index (χ2n) is 12.6. The van der Waals surface area contributed by atoms with Gasteiger partial charge in [-0.25, -0.2) is 0 Å². The summed E-state index contributed by atoms with van der Waals surface area (Å²) in [7, 11) is 0. The van der Waals surface area contributed by atoms with E-state index in [4.69, 9.17) is 4.99 Å². The lowest BCUT2D eigenvalue weighted by molar-refractivity contribution is 0.769. The van der Waals surface area contributed by atoms with Gasteiger partial charge in [-0.15, -0.1) is 0 Å². The van der Waals surface area contributed by atoms with Crippen LogP contribution in [0.1, 0.15) is 34.2 Å². The lowest BCUT2D eigenvalue weighted by Gasteiger charge is -2.34. The Bertz CT molecular complexity index is 2390. The highest BCUT2D eigenvalue weighted by Gasteiger charge is 2.46. The number of benzene rings is 6. The number of nitrogens with one attached hydrogen (secondary N) is 1. The third-order valence-corrected chi connectivity index (χ3v) is 9.99. The average molecular weight is 616 g/mol. The van der Waals surface area contributed by atoms with Gasteiger partial charge in [-0.05, 0) is 58.0 Å². The lowest BCUT2D eigenvalue weighted by atomic mass is 9.67. The molecule has 1 aromatic heterocycles. The van der Waals surface area contributed by atoms with Crippen LogP contribution in [0.2, 0.25) is 0 Å². The summed E-state index contributed by atoms with van der Waals surface area (Å²) in [5, 5.41) is 12.0. The lowest BCUT2D eigenvalue weighted by Crippen LogP contribution is -2.29. The van der Waals surface area contributed by atoms with Crippen molar-refractivity contribution in [1.82, 2.24) is 4.57 Å². The van der Waals surface area contributed by atoms with Crippen LogP contribution >= 0.6 is 0 Å². The highest BCUT2D eigenvalue weighted by molar-refractivity contribution is 6.49. The minimum atomic E-state index is -0.523. The SMILES string of the molecule is N=C(C(=N[C@@H]1C=CC=CC1)n1c2ccccc2c2cc3c(cc21)C(c1ccccc1)(c1ccccc1)c1ccccc1-3)c1ccccc1. The largest absolute Gasteiger partial charge is 0.296 e. The van der Waals surface area contributed by atoms with Gasteiger partial charge in [0.05, 0.1) is 22.5 Å². The summed E-state index contributed by atoms with van der Waals surface area (Å²) in [6, 6.07) is 54.0. The third-order valence-electron chi connectivity index (χ3n) is 9.99. The number of nitrogens with zero attached hydrogens (tertiary/aromatic N) is 2. The van der Waals surface area contributed by atoms with E-state index in [2.05, 4.69) is 150 Å². The molecule has 0 spiro atoms. The van der Waals surface area contributed by atoms with Crippen LogP contribution in [0.4, 0.5) is 0 Å². The van der Waals surface area contributed by atoms with Gasteiger partial charge in [0.1, 0.15) is 5.71 Å². The fraction of sp³-hybridized carbons (Fsp3) is 0.0667. The van der Waals surface area contributed by atoms with E-state index < -0.39 is 5.41 Å². The number of allylic oxidation sites excluding steroid dienone is 2. The van der Waals surface area contributed by atoms with Gasteiger partial charge in [-0.1, -0.05) is 158 Å². The highest BCUT2D eigenvalue weighted by atomic mass is 15.1. The molecule has 1 heterocycles. The molecule has 3 nitrogen and oxygen atoms in total. The van der Waals surface area contributed by atoms with Gasteiger partial charge in [0.25, 0.3) is 0 Å². The Morgan fingerprint density at radius 1 is 0.604 bits per heavy atom. The van der Waals surface area contributed by atoms with Crippen molar-refractivity contribution in [1.29, 1.82) is 5.41 Å². The molecule has 6 aromatic carbocycles. The smallest absolute Gasteiger partial charge is 0.159 e. The minimum Gasteiger partial charge on any atom is -0.296 e. The second kappa shape index (κ2) is 11.3. The molecule has 228 valence electrons. The van der Waals surface area contributed by atoms with E-state index in [1.807, 2.05) is 30.3 Å². The molecule has 7 aromatic rings. The van der Waals surface area contributed by atoms with Crippen LogP contribution in [0.25, 0.3) is 32.9 Å². The molecule has 48 heavy (non-hydrogen) atoms. The van der Waals surface area contributed by atoms with Gasteiger partial charge in [0.15, 0.2) is 5.84 Å². The van der Waals surface area contributed by atoms with Crippen molar-refractivity contribution < 1.29 is 0 Å². The normalized spacial score (nSPS) is 16.2. The van der Waals surface area contributed by atoms with Crippen molar-refractivity contribution in [3.63, 3.8) is 0 Å². The first-order valence-corrected chi connectivity index (χ1v) is 16.6. The molecule has 0 saturated carbocycles. The first kappa shape index (κ1) is 28.2. The Hall–Kier alpha value is -6.06. The molecular formula is C45H33N3. The summed E-state index contributed by atoms with van der Waals surface area (Å²) in [5.41, 5.74) is 10.3. The van der Waals surface area contributed by atoms with Gasteiger partial charge in [-0.3, -0.25) is 15.0 Å². The average Bonchev–Trinajstić information content (AvgIpc) is 3.64. The standard InChI is InChI=1S/C45H33N3/c46-43(31-17-5-1-6-18-31)44(47-34-23-11-4-12-24-34)48-41-28-16-14-26-36(41)38-29-37-35-25-13-15-27-39(35)45(40(37)30-42(38)48,32-19-7-2-8-20-32)33-21-9-3-10-22-33/h1-23,25-30,34,46H,24H2/t34-/m1/s1. The van der Waals surface area contributed by atoms with Crippen LogP contribution < -0.4 is 0 Å². The topological polar surface area (TPSA) is 41.1 Å². The number of aromatic nitrogens is 1. The van der Waals surface area contributed by atoms with E-state index in [-0.39, 0.29) is 6.04 Å². The number of rotatable bonds is 5. The Balaban J connectivity index is 1.41. The number of aliphatic imine (C=N–C) groups is 1. The van der Waals surface area contributed by atoms with E-state index in [9.17, 15) is 5.41 Å². The van der Waals surface area contributed by atoms with E-state index in [0.717, 1.165) is 33.8 Å². The Kier molecular flexibility index (Phi) is 6.65. The first-order valence-electron chi connectivity index (χ1n) is 16.6. The zero-order chi connectivity index (χ0) is 32.1. The van der Waals surface area contributed by atoms with Gasteiger partial charge >= 0.3 is 0 Å². The van der Waals surface area contributed by atoms with Crippen molar-refractivity contribution in [3.05, 3.63) is 204 Å². The Labute approximate surface area is 280 Å². The Morgan fingerprint density at radius 2 is 1.25 bits per heavy atom. The van der Waals surface area contributed by atoms with Crippen molar-refractivity contribution in [2.24, 2.45) is 4.99 Å². The summed E-state index contributed by atoms with van der Waals surface area (Å²) in [6.45, 7) is 0. The molecule has 0 amide bonds. The van der Waals surface area contributed by atoms with E-state index in [0.29, 0.717) is 11.5 Å². The van der Waals surface area contributed by atoms with Crippen LogP contribution in [0.3, 0.4) is 0 Å². The third kappa shape index (κ3) is 4.21. The maximum atomic E-state index is 9.64. The summed E-state index contributed by atoms with van der Waals surface area (Å²) >= 11 is 0. The molecule has 0 unspecified atom stereocenters. The zero-order valence-electron chi connectivity index (χ0n) is 26.4. The maximum absolute atomic E-state index is 9.64. The summed E-state index contributed by atoms with van der Waals surface area (Å²) in [5.74, 6) is 0.651. The van der Waals surface area contributed by atoms with Gasteiger partial charge in [0.2, 0.25) is 0 Å². The molecule has 3 heteroatoms. The van der Waals surface area contributed by atoms with Crippen LogP contribution in [-0.4, -0.2) is 22.2 Å². The molecular weight excluding hydrogens is 583 g/mol. The minimum absolute atomic E-state index is 0.0586. The molecule has 1 atom stereocenters. The van der Waals surface area contributed by atoms with Crippen molar-refractivity contribution in [3.8, 4) is 11.1 Å². The predicted octanol–water partition coefficient (Wildman–Crippen LogP) is 10.4. The first-order chi connectivity index (χ1) is 23.7. The van der Waals surface area contributed by atoms with E-state index in [1.54, 1.807) is 0 Å². The number of para-hydroxylation sites is 1.